The summed E-state index contributed by atoms with van der Waals surface area (Å²) in [5, 5.41) is 15.8. The summed E-state index contributed by atoms with van der Waals surface area (Å²) in [6, 6.07) is 15.5. The van der Waals surface area contributed by atoms with Crippen LogP contribution >= 0.6 is 12.2 Å². The van der Waals surface area contributed by atoms with Gasteiger partial charge in [-0.2, -0.15) is 5.10 Å². The number of likely N-dealkylation sites (tertiary alicyclic amines) is 1. The van der Waals surface area contributed by atoms with Crippen LogP contribution in [0, 0.1) is 0 Å². The Kier molecular flexibility index (Phi) is 5.40. The second kappa shape index (κ2) is 7.72. The number of thiocarbonyl (C=S) groups is 1. The maximum atomic E-state index is 10.9. The van der Waals surface area contributed by atoms with Gasteiger partial charge in [0, 0.05) is 19.3 Å². The molecule has 1 aliphatic rings. The van der Waals surface area contributed by atoms with E-state index in [2.05, 4.69) is 15.5 Å². The summed E-state index contributed by atoms with van der Waals surface area (Å²) in [7, 11) is 0. The smallest absolute Gasteiger partial charge is 0.189 e. The lowest BCUT2D eigenvalue weighted by molar-refractivity contribution is -0.0122. The molecule has 1 saturated heterocycles. The molecule has 3 rings (SSSR count). The minimum Gasteiger partial charge on any atom is -0.385 e. The van der Waals surface area contributed by atoms with E-state index in [1.54, 1.807) is 6.20 Å². The number of hydrazone groups is 1. The zero-order valence-corrected chi connectivity index (χ0v) is 15.0. The lowest BCUT2D eigenvalue weighted by Gasteiger charge is -2.39. The molecule has 2 aromatic rings. The molecular formula is C19H22N4OS. The zero-order chi connectivity index (χ0) is 17.7. The summed E-state index contributed by atoms with van der Waals surface area (Å²) in [4.78, 5) is 6.30. The van der Waals surface area contributed by atoms with Crippen molar-refractivity contribution >= 4 is 23.0 Å². The molecule has 0 aliphatic carbocycles. The quantitative estimate of drug-likeness (QED) is 0.504. The Morgan fingerprint density at radius 2 is 1.84 bits per heavy atom. The fraction of sp³-hybridized carbons (Fsp3) is 0.316. The lowest BCUT2D eigenvalue weighted by Crippen LogP contribution is -2.47. The first-order valence-corrected chi connectivity index (χ1v) is 8.78. The Morgan fingerprint density at radius 1 is 1.16 bits per heavy atom. The molecule has 2 N–H and O–H groups in total. The molecule has 1 aliphatic heterocycles. The highest BCUT2D eigenvalue weighted by atomic mass is 32.1. The number of aromatic nitrogens is 1. The van der Waals surface area contributed by atoms with Crippen molar-refractivity contribution in [1.29, 1.82) is 0 Å². The minimum atomic E-state index is -0.777. The molecule has 0 bridgehead atoms. The Labute approximate surface area is 153 Å². The van der Waals surface area contributed by atoms with Gasteiger partial charge in [0.1, 0.15) is 0 Å². The number of pyridine rings is 1. The lowest BCUT2D eigenvalue weighted by atomic mass is 9.84. The van der Waals surface area contributed by atoms with E-state index in [4.69, 9.17) is 12.2 Å². The third-order valence-electron chi connectivity index (χ3n) is 4.54. The van der Waals surface area contributed by atoms with Crippen molar-refractivity contribution in [1.82, 2.24) is 15.3 Å². The van der Waals surface area contributed by atoms with Gasteiger partial charge in [-0.05, 0) is 49.7 Å². The largest absolute Gasteiger partial charge is 0.385 e. The van der Waals surface area contributed by atoms with E-state index in [1.807, 2.05) is 60.4 Å². The highest BCUT2D eigenvalue weighted by Crippen LogP contribution is 2.32. The molecule has 1 aromatic carbocycles. The van der Waals surface area contributed by atoms with Crippen molar-refractivity contribution in [2.24, 2.45) is 5.10 Å². The molecule has 25 heavy (non-hydrogen) atoms. The van der Waals surface area contributed by atoms with Gasteiger partial charge in [-0.3, -0.25) is 10.4 Å². The van der Waals surface area contributed by atoms with Gasteiger partial charge in [-0.15, -0.1) is 0 Å². The summed E-state index contributed by atoms with van der Waals surface area (Å²) in [6.07, 6.45) is 3.02. The van der Waals surface area contributed by atoms with Crippen LogP contribution < -0.4 is 5.43 Å². The molecule has 0 saturated carbocycles. The van der Waals surface area contributed by atoms with E-state index in [1.165, 1.54) is 0 Å². The number of nitrogens with zero attached hydrogens (tertiary/aromatic N) is 3. The Bertz CT molecular complexity index is 741. The third-order valence-corrected chi connectivity index (χ3v) is 4.89. The van der Waals surface area contributed by atoms with Crippen LogP contribution in [0.4, 0.5) is 0 Å². The fourth-order valence-electron chi connectivity index (χ4n) is 2.95. The van der Waals surface area contributed by atoms with Crippen LogP contribution in [0.15, 0.2) is 59.8 Å². The van der Waals surface area contributed by atoms with Crippen molar-refractivity contribution < 1.29 is 5.11 Å². The summed E-state index contributed by atoms with van der Waals surface area (Å²) in [5.74, 6) is 0. The number of benzene rings is 1. The van der Waals surface area contributed by atoms with Crippen LogP contribution in [0.5, 0.6) is 0 Å². The van der Waals surface area contributed by atoms with Crippen LogP contribution in [0.1, 0.15) is 31.0 Å². The number of hydrogen-bond acceptors (Lipinski definition) is 4. The van der Waals surface area contributed by atoms with Gasteiger partial charge in [0.15, 0.2) is 5.11 Å². The van der Waals surface area contributed by atoms with Crippen molar-refractivity contribution in [3.05, 3.63) is 66.0 Å². The molecule has 1 aromatic heterocycles. The second-order valence-corrected chi connectivity index (χ2v) is 6.60. The molecule has 130 valence electrons. The topological polar surface area (TPSA) is 60.8 Å². The number of hydrogen-bond donors (Lipinski definition) is 2. The first-order chi connectivity index (χ1) is 12.1. The predicted octanol–water partition coefficient (Wildman–Crippen LogP) is 2.66. The predicted molar refractivity (Wildman–Crippen MR) is 103 cm³/mol. The molecule has 2 heterocycles. The van der Waals surface area contributed by atoms with Gasteiger partial charge < -0.3 is 10.0 Å². The molecule has 0 amide bonds. The highest BCUT2D eigenvalue weighted by Gasteiger charge is 2.34. The number of nitrogens with one attached hydrogen (secondary N) is 1. The summed E-state index contributed by atoms with van der Waals surface area (Å²) in [5.41, 5.74) is 4.73. The van der Waals surface area contributed by atoms with Gasteiger partial charge in [0.2, 0.25) is 0 Å². The van der Waals surface area contributed by atoms with Crippen molar-refractivity contribution in [3.63, 3.8) is 0 Å². The minimum absolute atomic E-state index is 0.574. The number of aliphatic hydroxyl groups is 1. The molecular weight excluding hydrogens is 332 g/mol. The Balaban J connectivity index is 1.57. The van der Waals surface area contributed by atoms with Crippen molar-refractivity contribution in [3.8, 4) is 0 Å². The molecule has 0 spiro atoms. The zero-order valence-electron chi connectivity index (χ0n) is 14.2. The summed E-state index contributed by atoms with van der Waals surface area (Å²) in [6.45, 7) is 3.27. The SMILES string of the molecule is CC(=NNC(=S)N1CCC(O)(c2ccccc2)CC1)c1ccccn1. The molecule has 5 nitrogen and oxygen atoms in total. The van der Waals surface area contributed by atoms with E-state index in [-0.39, 0.29) is 0 Å². The van der Waals surface area contributed by atoms with E-state index < -0.39 is 5.60 Å². The monoisotopic (exact) mass is 354 g/mol. The van der Waals surface area contributed by atoms with E-state index in [0.29, 0.717) is 31.0 Å². The van der Waals surface area contributed by atoms with Crippen LogP contribution in [0.3, 0.4) is 0 Å². The standard InChI is InChI=1S/C19H22N4OS/c1-15(17-9-5-6-12-20-17)21-22-18(25)23-13-10-19(24,11-14-23)16-7-3-2-4-8-16/h2-9,12,24H,10-11,13-14H2,1H3,(H,22,25). The van der Waals surface area contributed by atoms with Crippen LogP contribution in [-0.2, 0) is 5.60 Å². The van der Waals surface area contributed by atoms with Crippen molar-refractivity contribution in [2.75, 3.05) is 13.1 Å². The highest BCUT2D eigenvalue weighted by molar-refractivity contribution is 7.80. The van der Waals surface area contributed by atoms with Gasteiger partial charge in [0.25, 0.3) is 0 Å². The second-order valence-electron chi connectivity index (χ2n) is 6.21. The first kappa shape index (κ1) is 17.5. The van der Waals surface area contributed by atoms with Crippen molar-refractivity contribution in [2.45, 2.75) is 25.4 Å². The van der Waals surface area contributed by atoms with Gasteiger partial charge >= 0.3 is 0 Å². The Morgan fingerprint density at radius 3 is 2.48 bits per heavy atom. The summed E-state index contributed by atoms with van der Waals surface area (Å²) < 4.78 is 0. The number of piperidine rings is 1. The maximum Gasteiger partial charge on any atom is 0.189 e. The summed E-state index contributed by atoms with van der Waals surface area (Å²) >= 11 is 5.44. The average molecular weight is 354 g/mol. The third kappa shape index (κ3) is 4.21. The first-order valence-electron chi connectivity index (χ1n) is 8.37. The van der Waals surface area contributed by atoms with Crippen LogP contribution in [0.25, 0.3) is 0 Å². The molecule has 0 radical (unpaired) electrons. The van der Waals surface area contributed by atoms with Crippen LogP contribution in [0.2, 0.25) is 0 Å². The molecule has 6 heteroatoms. The molecule has 0 unspecified atom stereocenters. The van der Waals surface area contributed by atoms with Crippen LogP contribution in [-0.4, -0.2) is 38.9 Å². The molecule has 1 fully saturated rings. The maximum absolute atomic E-state index is 10.9. The van der Waals surface area contributed by atoms with E-state index in [0.717, 1.165) is 17.0 Å². The number of rotatable bonds is 3. The fourth-order valence-corrected chi connectivity index (χ4v) is 3.18. The van der Waals surface area contributed by atoms with E-state index >= 15 is 0 Å². The molecule has 0 atom stereocenters. The van der Waals surface area contributed by atoms with Gasteiger partial charge in [-0.25, -0.2) is 0 Å². The Hall–Kier alpha value is -2.31. The van der Waals surface area contributed by atoms with E-state index in [9.17, 15) is 5.11 Å². The van der Waals surface area contributed by atoms with Gasteiger partial charge in [0.05, 0.1) is 17.0 Å². The average Bonchev–Trinajstić information content (AvgIpc) is 2.68. The normalized spacial score (nSPS) is 17.2. The van der Waals surface area contributed by atoms with Gasteiger partial charge in [-0.1, -0.05) is 36.4 Å².